The maximum atomic E-state index is 11.0. The Balaban J connectivity index is 3.45. The molecule has 0 amide bonds. The number of nitrogens with zero attached hydrogens (tertiary/aromatic N) is 1. The monoisotopic (exact) mass is 189 g/mol. The number of rotatable bonds is 2. The summed E-state index contributed by atoms with van der Waals surface area (Å²) in [5.74, 6) is -0.914. The number of carboxylic acids is 1. The fourth-order valence-corrected chi connectivity index (χ4v) is 1.36. The number of hydrogen-bond acceptors (Lipinski definition) is 1. The predicted molar refractivity (Wildman–Crippen MR) is 53.8 cm³/mol. The van der Waals surface area contributed by atoms with Crippen LogP contribution in [-0.2, 0) is 0 Å². The highest BCUT2D eigenvalue weighted by molar-refractivity contribution is 5.96. The fraction of sp³-hybridized carbons (Fsp3) is 0.273. The van der Waals surface area contributed by atoms with E-state index in [1.807, 2.05) is 13.8 Å². The molecule has 0 saturated heterocycles. The zero-order valence-corrected chi connectivity index (χ0v) is 8.11. The van der Waals surface area contributed by atoms with Gasteiger partial charge >= 0.3 is 5.97 Å². The summed E-state index contributed by atoms with van der Waals surface area (Å²) in [5.41, 5.74) is 1.06. The molecule has 0 aromatic heterocycles. The molecule has 1 aromatic rings. The van der Waals surface area contributed by atoms with Gasteiger partial charge in [-0.3, -0.25) is 0 Å². The van der Waals surface area contributed by atoms with Crippen molar-refractivity contribution in [2.75, 3.05) is 0 Å². The maximum absolute atomic E-state index is 11.0. The van der Waals surface area contributed by atoms with E-state index in [1.54, 1.807) is 12.1 Å². The summed E-state index contributed by atoms with van der Waals surface area (Å²) in [4.78, 5) is 14.2. The molecule has 0 fully saturated rings. The van der Waals surface area contributed by atoms with E-state index in [-0.39, 0.29) is 17.2 Å². The van der Waals surface area contributed by atoms with Crippen molar-refractivity contribution >= 4 is 11.7 Å². The van der Waals surface area contributed by atoms with Crippen molar-refractivity contribution in [2.24, 2.45) is 0 Å². The number of carboxylic acid groups (broad SMARTS) is 1. The van der Waals surface area contributed by atoms with Gasteiger partial charge in [-0.25, -0.2) is 9.64 Å². The van der Waals surface area contributed by atoms with Gasteiger partial charge in [0.05, 0.1) is 12.1 Å². The standard InChI is InChI=1S/C11H11NO2/c1-7(2)8-5-4-6-9(12-3)10(8)11(13)14/h4-7H,1-2H3,(H,13,14). The molecule has 0 atom stereocenters. The van der Waals surface area contributed by atoms with E-state index in [2.05, 4.69) is 4.85 Å². The third kappa shape index (κ3) is 1.74. The average molecular weight is 189 g/mol. The molecule has 0 aliphatic carbocycles. The highest BCUT2D eigenvalue weighted by atomic mass is 16.4. The van der Waals surface area contributed by atoms with Crippen LogP contribution in [0.2, 0.25) is 0 Å². The molecule has 3 nitrogen and oxygen atoms in total. The van der Waals surface area contributed by atoms with Crippen LogP contribution in [0.4, 0.5) is 5.69 Å². The molecule has 0 bridgehead atoms. The number of hydrogen-bond donors (Lipinski definition) is 1. The van der Waals surface area contributed by atoms with Crippen molar-refractivity contribution < 1.29 is 9.90 Å². The molecule has 0 heterocycles. The predicted octanol–water partition coefficient (Wildman–Crippen LogP) is 3.06. The number of benzene rings is 1. The quantitative estimate of drug-likeness (QED) is 0.726. The summed E-state index contributed by atoms with van der Waals surface area (Å²) < 4.78 is 0. The van der Waals surface area contributed by atoms with Crippen LogP contribution >= 0.6 is 0 Å². The molecule has 1 N–H and O–H groups in total. The van der Waals surface area contributed by atoms with Crippen molar-refractivity contribution in [3.05, 3.63) is 40.7 Å². The Morgan fingerprint density at radius 1 is 1.50 bits per heavy atom. The van der Waals surface area contributed by atoms with Gasteiger partial charge in [0.2, 0.25) is 5.69 Å². The molecule has 1 aromatic carbocycles. The summed E-state index contributed by atoms with van der Waals surface area (Å²) in [6, 6.07) is 5.00. The smallest absolute Gasteiger partial charge is 0.325 e. The van der Waals surface area contributed by atoms with Gasteiger partial charge in [0.1, 0.15) is 0 Å². The molecule has 0 unspecified atom stereocenters. The van der Waals surface area contributed by atoms with Gasteiger partial charge in [-0.1, -0.05) is 32.0 Å². The molecule has 72 valence electrons. The van der Waals surface area contributed by atoms with Gasteiger partial charge in [-0.15, -0.1) is 0 Å². The summed E-state index contributed by atoms with van der Waals surface area (Å²) in [6.45, 7) is 10.7. The van der Waals surface area contributed by atoms with Gasteiger partial charge in [0.15, 0.2) is 0 Å². The summed E-state index contributed by atoms with van der Waals surface area (Å²) in [7, 11) is 0. The van der Waals surface area contributed by atoms with E-state index in [9.17, 15) is 4.79 Å². The molecule has 3 heteroatoms. The van der Waals surface area contributed by atoms with Crippen LogP contribution in [0.5, 0.6) is 0 Å². The molecular formula is C11H11NO2. The normalized spacial score (nSPS) is 9.86. The first-order valence-electron chi connectivity index (χ1n) is 4.31. The first kappa shape index (κ1) is 10.3. The van der Waals surface area contributed by atoms with Crippen molar-refractivity contribution in [1.82, 2.24) is 0 Å². The van der Waals surface area contributed by atoms with Gasteiger partial charge < -0.3 is 5.11 Å². The Morgan fingerprint density at radius 3 is 2.57 bits per heavy atom. The minimum Gasteiger partial charge on any atom is -0.479 e. The summed E-state index contributed by atoms with van der Waals surface area (Å²) >= 11 is 0. The molecule has 14 heavy (non-hydrogen) atoms. The SMILES string of the molecule is [C-]#[N+]c1cccc(C(C)C)c1C(=O)O. The van der Waals surface area contributed by atoms with Crippen molar-refractivity contribution in [3.8, 4) is 0 Å². The zero-order valence-electron chi connectivity index (χ0n) is 8.11. The lowest BCUT2D eigenvalue weighted by molar-refractivity contribution is 0.0696. The first-order chi connectivity index (χ1) is 6.57. The molecule has 1 rings (SSSR count). The van der Waals surface area contributed by atoms with Gasteiger partial charge in [0.25, 0.3) is 0 Å². The first-order valence-corrected chi connectivity index (χ1v) is 4.31. The van der Waals surface area contributed by atoms with Crippen molar-refractivity contribution in [1.29, 1.82) is 0 Å². The van der Waals surface area contributed by atoms with E-state index >= 15 is 0 Å². The second kappa shape index (κ2) is 3.93. The molecule has 0 spiro atoms. The van der Waals surface area contributed by atoms with Crippen LogP contribution in [-0.4, -0.2) is 11.1 Å². The van der Waals surface area contributed by atoms with Gasteiger partial charge in [0, 0.05) is 0 Å². The maximum Gasteiger partial charge on any atom is 0.325 e. The molecule has 0 saturated carbocycles. The van der Waals surface area contributed by atoms with Crippen LogP contribution in [0.3, 0.4) is 0 Å². The third-order valence-corrected chi connectivity index (χ3v) is 2.03. The van der Waals surface area contributed by atoms with E-state index in [4.69, 9.17) is 11.7 Å². The number of carbonyl (C=O) groups is 1. The van der Waals surface area contributed by atoms with Crippen LogP contribution in [0.25, 0.3) is 4.85 Å². The zero-order chi connectivity index (χ0) is 10.7. The Morgan fingerprint density at radius 2 is 2.14 bits per heavy atom. The van der Waals surface area contributed by atoms with E-state index in [0.29, 0.717) is 5.56 Å². The van der Waals surface area contributed by atoms with Crippen molar-refractivity contribution in [2.45, 2.75) is 19.8 Å². The lowest BCUT2D eigenvalue weighted by Gasteiger charge is -2.10. The molecule has 0 aliphatic heterocycles. The number of aromatic carboxylic acids is 1. The topological polar surface area (TPSA) is 41.7 Å². The second-order valence-electron chi connectivity index (χ2n) is 3.31. The molecule has 0 aliphatic rings. The Bertz CT molecular complexity index is 402. The summed E-state index contributed by atoms with van der Waals surface area (Å²) in [6.07, 6.45) is 0. The van der Waals surface area contributed by atoms with Crippen LogP contribution < -0.4 is 0 Å². The van der Waals surface area contributed by atoms with Gasteiger partial charge in [-0.2, -0.15) is 0 Å². The highest BCUT2D eigenvalue weighted by Gasteiger charge is 2.16. The lowest BCUT2D eigenvalue weighted by Crippen LogP contribution is -2.03. The Labute approximate surface area is 82.8 Å². The largest absolute Gasteiger partial charge is 0.479 e. The van der Waals surface area contributed by atoms with E-state index in [0.717, 1.165) is 0 Å². The highest BCUT2D eigenvalue weighted by Crippen LogP contribution is 2.27. The molecular weight excluding hydrogens is 178 g/mol. The Hall–Kier alpha value is -1.82. The lowest BCUT2D eigenvalue weighted by atomic mass is 9.96. The van der Waals surface area contributed by atoms with Crippen LogP contribution in [0.1, 0.15) is 35.7 Å². The van der Waals surface area contributed by atoms with Crippen molar-refractivity contribution in [3.63, 3.8) is 0 Å². The van der Waals surface area contributed by atoms with E-state index in [1.165, 1.54) is 6.07 Å². The second-order valence-corrected chi connectivity index (χ2v) is 3.31. The summed E-state index contributed by atoms with van der Waals surface area (Å²) in [5, 5.41) is 8.98. The van der Waals surface area contributed by atoms with Crippen LogP contribution in [0, 0.1) is 6.57 Å². The third-order valence-electron chi connectivity index (χ3n) is 2.03. The Kier molecular flexibility index (Phi) is 2.88. The van der Waals surface area contributed by atoms with Gasteiger partial charge in [-0.05, 0) is 11.5 Å². The average Bonchev–Trinajstić information content (AvgIpc) is 2.16. The molecule has 0 radical (unpaired) electrons. The fourth-order valence-electron chi connectivity index (χ4n) is 1.36. The minimum atomic E-state index is -1.03. The van der Waals surface area contributed by atoms with Crippen LogP contribution in [0.15, 0.2) is 18.2 Å². The minimum absolute atomic E-state index is 0.114. The van der Waals surface area contributed by atoms with E-state index < -0.39 is 5.97 Å².